The number of carboxylic acids is 1. The molecule has 1 aliphatic heterocycles. The zero-order valence-corrected chi connectivity index (χ0v) is 17.1. The topological polar surface area (TPSA) is 61.6 Å². The van der Waals surface area contributed by atoms with Crippen LogP contribution in [0.4, 0.5) is 0 Å². The summed E-state index contributed by atoms with van der Waals surface area (Å²) in [5.41, 5.74) is 3.59. The Kier molecular flexibility index (Phi) is 6.11. The van der Waals surface area contributed by atoms with Gasteiger partial charge in [0.1, 0.15) is 0 Å². The number of hydrogen-bond donors (Lipinski definition) is 1. The molecule has 1 aromatic heterocycles. The number of piperazine rings is 1. The van der Waals surface area contributed by atoms with Crippen molar-refractivity contribution in [1.29, 1.82) is 0 Å². The summed E-state index contributed by atoms with van der Waals surface area (Å²) in [5, 5.41) is 13.9. The number of aromatic carboxylic acids is 1. The van der Waals surface area contributed by atoms with Gasteiger partial charge in [0.25, 0.3) is 0 Å². The van der Waals surface area contributed by atoms with Crippen LogP contribution in [0.15, 0.2) is 36.4 Å². The molecule has 0 spiro atoms. The molecule has 6 heteroatoms. The molecule has 6 nitrogen and oxygen atoms in total. The molecule has 2 aliphatic rings. The van der Waals surface area contributed by atoms with Gasteiger partial charge in [0.2, 0.25) is 0 Å². The van der Waals surface area contributed by atoms with Crippen molar-refractivity contribution in [2.24, 2.45) is 0 Å². The molecule has 1 N–H and O–H groups in total. The predicted molar refractivity (Wildman–Crippen MR) is 114 cm³/mol. The van der Waals surface area contributed by atoms with Gasteiger partial charge in [-0.15, -0.1) is 0 Å². The molecule has 0 saturated carbocycles. The first-order valence-corrected chi connectivity index (χ1v) is 10.7. The van der Waals surface area contributed by atoms with Crippen molar-refractivity contribution in [3.8, 4) is 0 Å². The van der Waals surface area contributed by atoms with Gasteiger partial charge in [0.05, 0.1) is 0 Å². The highest BCUT2D eigenvalue weighted by molar-refractivity contribution is 5.87. The predicted octanol–water partition coefficient (Wildman–Crippen LogP) is 2.79. The number of aromatic nitrogens is 2. The lowest BCUT2D eigenvalue weighted by Gasteiger charge is -2.40. The summed E-state index contributed by atoms with van der Waals surface area (Å²) in [7, 11) is 0. The zero-order chi connectivity index (χ0) is 20.2. The van der Waals surface area contributed by atoms with E-state index >= 15 is 0 Å². The Balaban J connectivity index is 1.32. The smallest absolute Gasteiger partial charge is 0.356 e. The van der Waals surface area contributed by atoms with E-state index in [2.05, 4.69) is 51.3 Å². The fraction of sp³-hybridized carbons (Fsp3) is 0.478. The molecule has 1 atom stereocenters. The number of benzene rings is 1. The Bertz CT molecular complexity index is 867. The maximum Gasteiger partial charge on any atom is 0.356 e. The van der Waals surface area contributed by atoms with E-state index in [9.17, 15) is 9.90 Å². The Morgan fingerprint density at radius 2 is 1.97 bits per heavy atom. The minimum Gasteiger partial charge on any atom is -0.476 e. The van der Waals surface area contributed by atoms with E-state index in [0.29, 0.717) is 6.04 Å². The minimum absolute atomic E-state index is 0.260. The molecular weight excluding hydrogens is 364 g/mol. The van der Waals surface area contributed by atoms with E-state index in [-0.39, 0.29) is 5.69 Å². The Morgan fingerprint density at radius 3 is 2.66 bits per heavy atom. The van der Waals surface area contributed by atoms with Crippen LogP contribution >= 0.6 is 0 Å². The summed E-state index contributed by atoms with van der Waals surface area (Å²) in [6.45, 7) is 7.94. The second-order valence-corrected chi connectivity index (χ2v) is 7.94. The highest BCUT2D eigenvalue weighted by Crippen LogP contribution is 2.28. The second kappa shape index (κ2) is 8.93. The minimum atomic E-state index is -0.899. The van der Waals surface area contributed by atoms with E-state index in [1.165, 1.54) is 5.56 Å². The maximum atomic E-state index is 11.6. The van der Waals surface area contributed by atoms with Crippen LogP contribution in [0.2, 0.25) is 0 Å². The molecule has 0 radical (unpaired) electrons. The van der Waals surface area contributed by atoms with Crippen LogP contribution in [-0.4, -0.2) is 69.4 Å². The Morgan fingerprint density at radius 1 is 1.21 bits per heavy atom. The first kappa shape index (κ1) is 19.9. The third kappa shape index (κ3) is 4.43. The highest BCUT2D eigenvalue weighted by atomic mass is 16.4. The summed E-state index contributed by atoms with van der Waals surface area (Å²) >= 11 is 0. The fourth-order valence-corrected chi connectivity index (χ4v) is 4.63. The SMILES string of the molecule is CCn1nc(C(=O)O)c2c1CC[C@H](N1CCN(C/C=C/c3ccccc3)CC1)C2. The lowest BCUT2D eigenvalue weighted by molar-refractivity contribution is 0.0685. The van der Waals surface area contributed by atoms with Gasteiger partial charge in [-0.05, 0) is 31.7 Å². The van der Waals surface area contributed by atoms with E-state index in [0.717, 1.165) is 69.8 Å². The van der Waals surface area contributed by atoms with Crippen molar-refractivity contribution in [2.75, 3.05) is 32.7 Å². The number of carboxylic acid groups (broad SMARTS) is 1. The van der Waals surface area contributed by atoms with Gasteiger partial charge >= 0.3 is 5.97 Å². The van der Waals surface area contributed by atoms with Crippen LogP contribution in [-0.2, 0) is 19.4 Å². The monoisotopic (exact) mass is 394 g/mol. The van der Waals surface area contributed by atoms with E-state index in [4.69, 9.17) is 0 Å². The van der Waals surface area contributed by atoms with Gasteiger partial charge in [-0.1, -0.05) is 42.5 Å². The number of fused-ring (bicyclic) bond motifs is 1. The summed E-state index contributed by atoms with van der Waals surface area (Å²) in [5.74, 6) is -0.899. The van der Waals surface area contributed by atoms with E-state index in [1.54, 1.807) is 0 Å². The molecule has 0 unspecified atom stereocenters. The lowest BCUT2D eigenvalue weighted by atomic mass is 9.90. The van der Waals surface area contributed by atoms with E-state index < -0.39 is 5.97 Å². The zero-order valence-electron chi connectivity index (χ0n) is 17.1. The van der Waals surface area contributed by atoms with Crippen molar-refractivity contribution in [3.05, 3.63) is 58.9 Å². The average molecular weight is 395 g/mol. The number of aryl methyl sites for hydroxylation is 1. The molecule has 1 aliphatic carbocycles. The fourth-order valence-electron chi connectivity index (χ4n) is 4.63. The average Bonchev–Trinajstić information content (AvgIpc) is 3.13. The summed E-state index contributed by atoms with van der Waals surface area (Å²) in [6.07, 6.45) is 7.26. The summed E-state index contributed by atoms with van der Waals surface area (Å²) in [4.78, 5) is 16.7. The van der Waals surface area contributed by atoms with Gasteiger partial charge in [-0.3, -0.25) is 14.5 Å². The Hall–Kier alpha value is -2.44. The first-order valence-electron chi connectivity index (χ1n) is 10.7. The van der Waals surface area contributed by atoms with Crippen molar-refractivity contribution >= 4 is 12.0 Å². The van der Waals surface area contributed by atoms with Gasteiger partial charge in [0, 0.05) is 56.6 Å². The molecule has 29 heavy (non-hydrogen) atoms. The molecule has 2 heterocycles. The molecule has 4 rings (SSSR count). The standard InChI is InChI=1S/C23H30N4O2/c1-2-27-21-11-10-19(17-20(21)22(24-27)23(28)29)26-15-13-25(14-16-26)12-6-9-18-7-4-3-5-8-18/h3-9,19H,2,10-17H2,1H3,(H,28,29)/b9-6+/t19-/m0/s1. The molecule has 154 valence electrons. The molecule has 2 aromatic rings. The van der Waals surface area contributed by atoms with E-state index in [1.807, 2.05) is 17.7 Å². The second-order valence-electron chi connectivity index (χ2n) is 7.94. The van der Waals surface area contributed by atoms with Crippen LogP contribution in [0.25, 0.3) is 6.08 Å². The summed E-state index contributed by atoms with van der Waals surface area (Å²) < 4.78 is 1.88. The number of carbonyl (C=O) groups is 1. The Labute approximate surface area is 172 Å². The van der Waals surface area contributed by atoms with Crippen molar-refractivity contribution in [2.45, 2.75) is 38.8 Å². The van der Waals surface area contributed by atoms with Crippen LogP contribution in [0.5, 0.6) is 0 Å². The van der Waals surface area contributed by atoms with Crippen LogP contribution in [0.3, 0.4) is 0 Å². The van der Waals surface area contributed by atoms with Crippen molar-refractivity contribution in [1.82, 2.24) is 19.6 Å². The van der Waals surface area contributed by atoms with Gasteiger partial charge in [-0.25, -0.2) is 4.79 Å². The van der Waals surface area contributed by atoms with Gasteiger partial charge < -0.3 is 5.11 Å². The first-order chi connectivity index (χ1) is 14.2. The third-order valence-electron chi connectivity index (χ3n) is 6.22. The highest BCUT2D eigenvalue weighted by Gasteiger charge is 2.32. The number of hydrogen-bond acceptors (Lipinski definition) is 4. The molecule has 0 bridgehead atoms. The molecule has 1 aromatic carbocycles. The number of rotatable bonds is 6. The van der Waals surface area contributed by atoms with Gasteiger partial charge in [0.15, 0.2) is 5.69 Å². The summed E-state index contributed by atoms with van der Waals surface area (Å²) in [6, 6.07) is 10.8. The molecule has 1 fully saturated rings. The van der Waals surface area contributed by atoms with Crippen LogP contribution < -0.4 is 0 Å². The quantitative estimate of drug-likeness (QED) is 0.816. The normalized spacial score (nSPS) is 20.8. The van der Waals surface area contributed by atoms with Crippen molar-refractivity contribution < 1.29 is 9.90 Å². The lowest BCUT2D eigenvalue weighted by Crippen LogP contribution is -2.51. The largest absolute Gasteiger partial charge is 0.476 e. The van der Waals surface area contributed by atoms with Crippen molar-refractivity contribution in [3.63, 3.8) is 0 Å². The van der Waals surface area contributed by atoms with Gasteiger partial charge in [-0.2, -0.15) is 5.10 Å². The molecule has 0 amide bonds. The maximum absolute atomic E-state index is 11.6. The third-order valence-corrected chi connectivity index (χ3v) is 6.22. The molecule has 1 saturated heterocycles. The molecular formula is C23H30N4O2. The number of nitrogens with zero attached hydrogens (tertiary/aromatic N) is 4. The van der Waals surface area contributed by atoms with Crippen LogP contribution in [0, 0.1) is 0 Å². The van der Waals surface area contributed by atoms with Crippen LogP contribution in [0.1, 0.15) is 40.7 Å².